The molecule has 0 aliphatic carbocycles. The van der Waals surface area contributed by atoms with Crippen LogP contribution in [0.25, 0.3) is 11.1 Å². The molecule has 0 spiro atoms. The topological polar surface area (TPSA) is 86.3 Å². The van der Waals surface area contributed by atoms with Gasteiger partial charge in [0.05, 0.1) is 22.4 Å². The highest BCUT2D eigenvalue weighted by Crippen LogP contribution is 2.37. The molecule has 2 aromatic heterocycles. The first kappa shape index (κ1) is 24.0. The van der Waals surface area contributed by atoms with Crippen LogP contribution in [0.2, 0.25) is 10.0 Å². The predicted molar refractivity (Wildman–Crippen MR) is 144 cm³/mol. The number of nitrogens with one attached hydrogen (secondary N) is 2. The van der Waals surface area contributed by atoms with Crippen molar-refractivity contribution in [1.29, 1.82) is 0 Å². The minimum Gasteiger partial charge on any atom is -0.341 e. The minimum absolute atomic E-state index is 0.248. The molecule has 182 valence electrons. The van der Waals surface area contributed by atoms with E-state index in [4.69, 9.17) is 23.2 Å². The van der Waals surface area contributed by atoms with Gasteiger partial charge in [-0.15, -0.1) is 0 Å². The van der Waals surface area contributed by atoms with Crippen LogP contribution in [0.3, 0.4) is 0 Å². The van der Waals surface area contributed by atoms with Crippen LogP contribution < -0.4 is 20.4 Å². The molecule has 36 heavy (non-hydrogen) atoms. The molecule has 3 heterocycles. The Bertz CT molecular complexity index is 1410. The summed E-state index contributed by atoms with van der Waals surface area (Å²) in [6.45, 7) is 0.931. The van der Waals surface area contributed by atoms with Crippen LogP contribution >= 0.6 is 23.2 Å². The fourth-order valence-electron chi connectivity index (χ4n) is 4.22. The van der Waals surface area contributed by atoms with Crippen LogP contribution in [0.5, 0.6) is 0 Å². The Hall–Kier alpha value is -3.72. The summed E-state index contributed by atoms with van der Waals surface area (Å²) in [5, 5.41) is 7.29. The monoisotopic (exact) mass is 519 g/mol. The highest BCUT2D eigenvalue weighted by molar-refractivity contribution is 6.40. The van der Waals surface area contributed by atoms with Gasteiger partial charge in [0.25, 0.3) is 5.91 Å². The fourth-order valence-corrected chi connectivity index (χ4v) is 4.83. The number of nitrogens with zero attached hydrogens (tertiary/aromatic N) is 5. The summed E-state index contributed by atoms with van der Waals surface area (Å²) in [6, 6.07) is 15.2. The number of pyridine rings is 1. The summed E-state index contributed by atoms with van der Waals surface area (Å²) in [5.41, 5.74) is 4.92. The van der Waals surface area contributed by atoms with Gasteiger partial charge in [0.15, 0.2) is 0 Å². The van der Waals surface area contributed by atoms with E-state index in [1.165, 1.54) is 11.1 Å². The van der Waals surface area contributed by atoms with Crippen molar-refractivity contribution < 1.29 is 4.79 Å². The number of para-hydroxylation sites is 1. The Morgan fingerprint density at radius 3 is 2.56 bits per heavy atom. The van der Waals surface area contributed by atoms with Crippen LogP contribution in [0, 0.1) is 0 Å². The summed E-state index contributed by atoms with van der Waals surface area (Å²) in [6.07, 6.45) is 5.13. The van der Waals surface area contributed by atoms with E-state index in [1.54, 1.807) is 24.4 Å². The van der Waals surface area contributed by atoms with Crippen LogP contribution in [0.4, 0.5) is 23.1 Å². The van der Waals surface area contributed by atoms with E-state index in [-0.39, 0.29) is 12.6 Å². The lowest BCUT2D eigenvalue weighted by molar-refractivity contribution is 0.0982. The fraction of sp³-hybridized carbons (Fsp3) is 0.154. The van der Waals surface area contributed by atoms with E-state index in [9.17, 15) is 4.79 Å². The maximum atomic E-state index is 13.3. The molecule has 0 bridgehead atoms. The number of aromatic nitrogens is 3. The zero-order chi connectivity index (χ0) is 25.2. The summed E-state index contributed by atoms with van der Waals surface area (Å²) in [5.74, 6) is 0.656. The Labute approximate surface area is 218 Å². The smallest absolute Gasteiger partial charge is 0.265 e. The predicted octanol–water partition coefficient (Wildman–Crippen LogP) is 5.36. The molecule has 0 saturated carbocycles. The second kappa shape index (κ2) is 10.1. The molecule has 1 aliphatic rings. The average molecular weight is 520 g/mol. The summed E-state index contributed by atoms with van der Waals surface area (Å²) < 4.78 is 0. The second-order valence-electron chi connectivity index (χ2n) is 8.34. The molecular formula is C26H23Cl2N7O. The summed E-state index contributed by atoms with van der Waals surface area (Å²) in [7, 11) is 3.76. The van der Waals surface area contributed by atoms with Crippen molar-refractivity contribution in [3.63, 3.8) is 0 Å². The highest BCUT2D eigenvalue weighted by Gasteiger charge is 2.32. The average Bonchev–Trinajstić information content (AvgIpc) is 2.88. The van der Waals surface area contributed by atoms with Gasteiger partial charge < -0.3 is 15.5 Å². The molecule has 2 aromatic carbocycles. The molecule has 0 fully saturated rings. The molecule has 5 rings (SSSR count). The van der Waals surface area contributed by atoms with E-state index in [2.05, 4.69) is 31.7 Å². The number of anilines is 4. The van der Waals surface area contributed by atoms with Crippen molar-refractivity contribution in [1.82, 2.24) is 20.3 Å². The van der Waals surface area contributed by atoms with Crippen molar-refractivity contribution in [2.24, 2.45) is 0 Å². The highest BCUT2D eigenvalue weighted by atomic mass is 35.5. The van der Waals surface area contributed by atoms with E-state index in [1.807, 2.05) is 49.5 Å². The maximum Gasteiger partial charge on any atom is 0.265 e. The molecule has 0 radical (unpaired) electrons. The van der Waals surface area contributed by atoms with Crippen LogP contribution in [0.1, 0.15) is 15.9 Å². The maximum absolute atomic E-state index is 13.3. The number of rotatable bonds is 6. The van der Waals surface area contributed by atoms with Gasteiger partial charge in [-0.2, -0.15) is 4.98 Å². The van der Waals surface area contributed by atoms with Crippen LogP contribution in [0.15, 0.2) is 67.1 Å². The number of carbonyl (C=O) groups is 1. The largest absolute Gasteiger partial charge is 0.341 e. The molecule has 1 amide bonds. The normalized spacial score (nSPS) is 13.1. The van der Waals surface area contributed by atoms with Crippen molar-refractivity contribution >= 4 is 52.3 Å². The Balaban J connectivity index is 1.43. The molecule has 8 nitrogen and oxygen atoms in total. The van der Waals surface area contributed by atoms with Gasteiger partial charge in [0, 0.05) is 43.4 Å². The van der Waals surface area contributed by atoms with E-state index >= 15 is 0 Å². The number of hydrogen-bond donors (Lipinski definition) is 2. The van der Waals surface area contributed by atoms with Crippen molar-refractivity contribution in [2.75, 3.05) is 35.9 Å². The first-order chi connectivity index (χ1) is 17.5. The lowest BCUT2D eigenvalue weighted by Crippen LogP contribution is -2.46. The molecule has 2 N–H and O–H groups in total. The number of halogens is 2. The number of fused-ring (bicyclic) bond motifs is 1. The molecular weight excluding hydrogens is 497 g/mol. The van der Waals surface area contributed by atoms with Gasteiger partial charge in [-0.1, -0.05) is 41.4 Å². The van der Waals surface area contributed by atoms with Crippen molar-refractivity contribution in [3.05, 3.63) is 88.3 Å². The molecule has 1 aliphatic heterocycles. The minimum atomic E-state index is -0.262. The van der Waals surface area contributed by atoms with Gasteiger partial charge in [-0.3, -0.25) is 14.7 Å². The number of carbonyl (C=O) groups excluding carboxylic acids is 1. The quantitative estimate of drug-likeness (QED) is 0.354. The molecule has 0 saturated heterocycles. The number of hydrogen-bond acceptors (Lipinski definition) is 7. The molecule has 0 atom stereocenters. The van der Waals surface area contributed by atoms with E-state index in [0.29, 0.717) is 39.6 Å². The third-order valence-corrected chi connectivity index (χ3v) is 6.48. The third kappa shape index (κ3) is 4.58. The van der Waals surface area contributed by atoms with Crippen LogP contribution in [-0.2, 0) is 6.54 Å². The van der Waals surface area contributed by atoms with E-state index in [0.717, 1.165) is 22.4 Å². The number of amides is 1. The van der Waals surface area contributed by atoms with Gasteiger partial charge in [0.2, 0.25) is 5.95 Å². The molecule has 10 heteroatoms. The molecule has 4 aromatic rings. The second-order valence-corrected chi connectivity index (χ2v) is 9.16. The zero-order valence-corrected chi connectivity index (χ0v) is 21.2. The van der Waals surface area contributed by atoms with Gasteiger partial charge in [-0.25, -0.2) is 4.98 Å². The van der Waals surface area contributed by atoms with Crippen molar-refractivity contribution in [2.45, 2.75) is 6.54 Å². The van der Waals surface area contributed by atoms with Crippen LogP contribution in [-0.4, -0.2) is 41.6 Å². The lowest BCUT2D eigenvalue weighted by Gasteiger charge is -2.35. The lowest BCUT2D eigenvalue weighted by atomic mass is 10.0. The van der Waals surface area contributed by atoms with E-state index < -0.39 is 0 Å². The Morgan fingerprint density at radius 2 is 1.83 bits per heavy atom. The standard InChI is InChI=1S/C26H23Cl2N7O/c1-29-12-17-11-18(8-9-19(17)16-5-4-10-30-13-16)32-26-31-14-20-24(33-26)34(2)15-35(25(20)36)23-21(27)6-3-7-22(23)28/h3-11,13-14,29H,12,15H2,1-2H3,(H,31,32,33). The Morgan fingerprint density at radius 1 is 1.03 bits per heavy atom. The Kier molecular flexibility index (Phi) is 6.73. The SMILES string of the molecule is CNCc1cc(Nc2ncc3c(n2)N(C)CN(c2c(Cl)cccc2Cl)C3=O)ccc1-c1cccnc1. The zero-order valence-electron chi connectivity index (χ0n) is 19.7. The van der Waals surface area contributed by atoms with Gasteiger partial charge in [0.1, 0.15) is 11.4 Å². The summed E-state index contributed by atoms with van der Waals surface area (Å²) >= 11 is 12.7. The first-order valence-corrected chi connectivity index (χ1v) is 12.0. The summed E-state index contributed by atoms with van der Waals surface area (Å²) in [4.78, 5) is 30.0. The van der Waals surface area contributed by atoms with Crippen molar-refractivity contribution in [3.8, 4) is 11.1 Å². The molecule has 0 unspecified atom stereocenters. The first-order valence-electron chi connectivity index (χ1n) is 11.2. The number of benzene rings is 2. The van der Waals surface area contributed by atoms with Gasteiger partial charge >= 0.3 is 0 Å². The third-order valence-electron chi connectivity index (χ3n) is 5.87. The van der Waals surface area contributed by atoms with Gasteiger partial charge in [-0.05, 0) is 48.5 Å².